The second-order valence-corrected chi connectivity index (χ2v) is 12.3. The predicted molar refractivity (Wildman–Crippen MR) is 172 cm³/mol. The van der Waals surface area contributed by atoms with Gasteiger partial charge < -0.3 is 19.8 Å². The molecule has 230 valence electrons. The number of ether oxygens (including phenoxy) is 1. The smallest absolute Gasteiger partial charge is 0.316 e. The maximum absolute atomic E-state index is 13.4. The van der Waals surface area contributed by atoms with E-state index in [4.69, 9.17) is 14.9 Å². The third kappa shape index (κ3) is 8.76. The topological polar surface area (TPSA) is 93.8 Å². The van der Waals surface area contributed by atoms with Crippen LogP contribution in [0.1, 0.15) is 69.6 Å². The molecule has 1 saturated heterocycles. The molecule has 0 aromatic heterocycles. The number of hydrogen-bond donors (Lipinski definition) is 2. The first-order valence-electron chi connectivity index (χ1n) is 15.5. The fraction of sp³-hybridized carbons (Fsp3) is 0.459. The molecule has 0 aliphatic carbocycles. The Morgan fingerprint density at radius 2 is 1.37 bits per heavy atom. The van der Waals surface area contributed by atoms with Gasteiger partial charge in [0.25, 0.3) is 0 Å². The molecule has 3 aromatic carbocycles. The number of esters is 1. The monoisotopic (exact) mass is 584 g/mol. The van der Waals surface area contributed by atoms with Crippen molar-refractivity contribution in [3.05, 3.63) is 108 Å². The summed E-state index contributed by atoms with van der Waals surface area (Å²) in [7, 11) is 0. The van der Waals surface area contributed by atoms with Crippen LogP contribution in [0, 0.1) is 16.7 Å². The highest BCUT2D eigenvalue weighted by atomic mass is 16.5. The summed E-state index contributed by atoms with van der Waals surface area (Å²) in [5.74, 6) is -0.0956. The summed E-state index contributed by atoms with van der Waals surface area (Å²) in [6.07, 6.45) is 4.02. The number of likely N-dealkylation sites (tertiary alicyclic amines) is 1. The van der Waals surface area contributed by atoms with Crippen molar-refractivity contribution in [3.8, 4) is 6.07 Å². The van der Waals surface area contributed by atoms with Crippen LogP contribution in [0.3, 0.4) is 0 Å². The number of piperidine rings is 1. The molecule has 6 nitrogen and oxygen atoms in total. The Labute approximate surface area is 257 Å². The van der Waals surface area contributed by atoms with Gasteiger partial charge in [-0.15, -0.1) is 0 Å². The van der Waals surface area contributed by atoms with E-state index in [1.165, 1.54) is 0 Å². The zero-order valence-electron chi connectivity index (χ0n) is 26.0. The molecule has 4 rings (SSSR count). The van der Waals surface area contributed by atoms with Gasteiger partial charge in [-0.25, -0.2) is 0 Å². The van der Waals surface area contributed by atoms with Crippen molar-refractivity contribution in [1.82, 2.24) is 4.90 Å². The molecule has 43 heavy (non-hydrogen) atoms. The standard InChI is InChI=1S/C32H36N2O2.C5H12O2/c1-2-3-25-36-30(35)31(27-13-7-4-8-14-27)19-22-34(23-20-31)24-21-32(26-33,28-15-9-5-10-16-28)29-17-11-6-12-18-29;1-5(2,3-6)4-7/h4-18H,2-3,19-25H2,1H3;6-7H,3-4H2,1-2H3. The van der Waals surface area contributed by atoms with Gasteiger partial charge in [-0.2, -0.15) is 5.26 Å². The van der Waals surface area contributed by atoms with Crippen LogP contribution >= 0.6 is 0 Å². The van der Waals surface area contributed by atoms with Crippen molar-refractivity contribution in [2.75, 3.05) is 39.5 Å². The zero-order chi connectivity index (χ0) is 31.2. The van der Waals surface area contributed by atoms with Gasteiger partial charge in [0.15, 0.2) is 0 Å². The van der Waals surface area contributed by atoms with Gasteiger partial charge in [0.05, 0.1) is 31.3 Å². The molecule has 1 aliphatic heterocycles. The van der Waals surface area contributed by atoms with Crippen LogP contribution in [0.5, 0.6) is 0 Å². The molecule has 1 aliphatic rings. The molecule has 0 spiro atoms. The highest BCUT2D eigenvalue weighted by molar-refractivity contribution is 5.83. The van der Waals surface area contributed by atoms with E-state index in [0.29, 0.717) is 13.0 Å². The van der Waals surface area contributed by atoms with Gasteiger partial charge in [0.1, 0.15) is 5.41 Å². The van der Waals surface area contributed by atoms with Crippen LogP contribution in [-0.4, -0.2) is 60.5 Å². The fourth-order valence-corrected chi connectivity index (χ4v) is 5.44. The molecule has 3 aromatic rings. The minimum absolute atomic E-state index is 0.0451. The predicted octanol–water partition coefficient (Wildman–Crippen LogP) is 6.26. The van der Waals surface area contributed by atoms with Gasteiger partial charge in [-0.3, -0.25) is 4.79 Å². The SMILES string of the molecule is CC(C)(CO)CO.CCCCOC(=O)C1(c2ccccc2)CCN(CCC(C#N)(c2ccccc2)c2ccccc2)CC1. The molecule has 6 heteroatoms. The number of aliphatic hydroxyl groups is 2. The summed E-state index contributed by atoms with van der Waals surface area (Å²) in [6, 6.07) is 33.0. The van der Waals surface area contributed by atoms with Crippen molar-refractivity contribution < 1.29 is 19.7 Å². The summed E-state index contributed by atoms with van der Waals surface area (Å²) in [6.45, 7) is 8.64. The summed E-state index contributed by atoms with van der Waals surface area (Å²) < 4.78 is 5.76. The number of aliphatic hydroxyl groups excluding tert-OH is 2. The van der Waals surface area contributed by atoms with Gasteiger partial charge >= 0.3 is 5.97 Å². The molecule has 0 amide bonds. The largest absolute Gasteiger partial charge is 0.465 e. The number of benzene rings is 3. The molecule has 0 radical (unpaired) electrons. The average Bonchev–Trinajstić information content (AvgIpc) is 3.07. The van der Waals surface area contributed by atoms with Gasteiger partial charge in [0, 0.05) is 12.0 Å². The van der Waals surface area contributed by atoms with Crippen LogP contribution in [0.25, 0.3) is 0 Å². The summed E-state index contributed by atoms with van der Waals surface area (Å²) in [4.78, 5) is 15.8. The first kappa shape index (κ1) is 34.0. The molecular formula is C37H48N2O4. The van der Waals surface area contributed by atoms with Crippen LogP contribution in [-0.2, 0) is 20.4 Å². The Balaban J connectivity index is 0.000000646. The molecule has 0 bridgehead atoms. The molecule has 0 unspecified atom stereocenters. The second-order valence-electron chi connectivity index (χ2n) is 12.3. The van der Waals surface area contributed by atoms with Crippen LogP contribution in [0.15, 0.2) is 91.0 Å². The van der Waals surface area contributed by atoms with Crippen molar-refractivity contribution in [3.63, 3.8) is 0 Å². The first-order chi connectivity index (χ1) is 20.8. The van der Waals surface area contributed by atoms with E-state index in [-0.39, 0.29) is 24.6 Å². The second kappa shape index (κ2) is 16.4. The summed E-state index contributed by atoms with van der Waals surface area (Å²) in [5, 5.41) is 27.4. The van der Waals surface area contributed by atoms with Crippen molar-refractivity contribution in [2.24, 2.45) is 5.41 Å². The van der Waals surface area contributed by atoms with E-state index in [9.17, 15) is 10.1 Å². The van der Waals surface area contributed by atoms with E-state index in [0.717, 1.165) is 62.0 Å². The average molecular weight is 585 g/mol. The molecular weight excluding hydrogens is 536 g/mol. The lowest BCUT2D eigenvalue weighted by Gasteiger charge is -2.41. The van der Waals surface area contributed by atoms with Gasteiger partial charge in [-0.05, 0) is 55.5 Å². The lowest BCUT2D eigenvalue weighted by molar-refractivity contribution is -0.153. The lowest BCUT2D eigenvalue weighted by atomic mass is 9.71. The highest BCUT2D eigenvalue weighted by Crippen LogP contribution is 2.39. The number of hydrogen-bond acceptors (Lipinski definition) is 6. The van der Waals surface area contributed by atoms with E-state index in [1.54, 1.807) is 13.8 Å². The Morgan fingerprint density at radius 1 is 0.884 bits per heavy atom. The Kier molecular flexibility index (Phi) is 12.9. The third-order valence-electron chi connectivity index (χ3n) is 8.54. The van der Waals surface area contributed by atoms with Crippen LogP contribution < -0.4 is 0 Å². The first-order valence-corrected chi connectivity index (χ1v) is 15.5. The van der Waals surface area contributed by atoms with Crippen LogP contribution in [0.2, 0.25) is 0 Å². The summed E-state index contributed by atoms with van der Waals surface area (Å²) >= 11 is 0. The number of unbranched alkanes of at least 4 members (excludes halogenated alkanes) is 1. The van der Waals surface area contributed by atoms with Crippen molar-refractivity contribution in [2.45, 2.75) is 63.7 Å². The van der Waals surface area contributed by atoms with Crippen molar-refractivity contribution in [1.29, 1.82) is 5.26 Å². The Hall–Kier alpha value is -3.50. The normalized spacial score (nSPS) is 15.1. The highest BCUT2D eigenvalue weighted by Gasteiger charge is 2.44. The minimum atomic E-state index is -0.713. The number of nitriles is 1. The van der Waals surface area contributed by atoms with E-state index in [1.807, 2.05) is 54.6 Å². The van der Waals surface area contributed by atoms with Crippen molar-refractivity contribution >= 4 is 5.97 Å². The maximum Gasteiger partial charge on any atom is 0.316 e. The minimum Gasteiger partial charge on any atom is -0.465 e. The fourth-order valence-electron chi connectivity index (χ4n) is 5.44. The van der Waals surface area contributed by atoms with E-state index in [2.05, 4.69) is 54.3 Å². The molecule has 2 N–H and O–H groups in total. The molecule has 0 saturated carbocycles. The summed E-state index contributed by atoms with van der Waals surface area (Å²) in [5.41, 5.74) is 1.47. The quantitative estimate of drug-likeness (QED) is 0.193. The van der Waals surface area contributed by atoms with Crippen LogP contribution in [0.4, 0.5) is 0 Å². The van der Waals surface area contributed by atoms with E-state index < -0.39 is 10.8 Å². The number of carbonyl (C=O) groups is 1. The maximum atomic E-state index is 13.4. The molecule has 0 atom stereocenters. The van der Waals surface area contributed by atoms with Gasteiger partial charge in [-0.1, -0.05) is 118 Å². The number of rotatable bonds is 12. The lowest BCUT2D eigenvalue weighted by Crippen LogP contribution is -2.49. The molecule has 1 heterocycles. The Bertz CT molecular complexity index is 1220. The van der Waals surface area contributed by atoms with Gasteiger partial charge in [0.2, 0.25) is 0 Å². The third-order valence-corrected chi connectivity index (χ3v) is 8.54. The molecule has 1 fully saturated rings. The number of nitrogens with zero attached hydrogens (tertiary/aromatic N) is 2. The Morgan fingerprint density at radius 3 is 1.79 bits per heavy atom. The number of carbonyl (C=O) groups excluding carboxylic acids is 1. The zero-order valence-corrected chi connectivity index (χ0v) is 26.0. The van der Waals surface area contributed by atoms with E-state index >= 15 is 0 Å².